The fourth-order valence-corrected chi connectivity index (χ4v) is 1.53. The summed E-state index contributed by atoms with van der Waals surface area (Å²) in [5.74, 6) is 0.552. The van der Waals surface area contributed by atoms with Crippen LogP contribution >= 0.6 is 0 Å². The zero-order chi connectivity index (χ0) is 13.9. The van der Waals surface area contributed by atoms with Crippen molar-refractivity contribution in [1.29, 1.82) is 0 Å². The number of halogens is 3. The molecule has 0 aliphatic rings. The molecule has 0 aliphatic carbocycles. The van der Waals surface area contributed by atoms with E-state index in [-0.39, 0.29) is 6.04 Å². The minimum atomic E-state index is -4.33. The van der Waals surface area contributed by atoms with E-state index in [1.807, 2.05) is 13.8 Å². The highest BCUT2D eigenvalue weighted by atomic mass is 19.4. The maximum Gasteiger partial charge on any atom is 0.416 e. The predicted octanol–water partition coefficient (Wildman–Crippen LogP) is 3.42. The summed E-state index contributed by atoms with van der Waals surface area (Å²) in [6.45, 7) is 3.77. The van der Waals surface area contributed by atoms with E-state index in [9.17, 15) is 13.2 Å². The van der Waals surface area contributed by atoms with Crippen LogP contribution < -0.4 is 0 Å². The topological polar surface area (TPSA) is 15.6 Å². The van der Waals surface area contributed by atoms with Crippen molar-refractivity contribution in [3.05, 3.63) is 35.4 Å². The van der Waals surface area contributed by atoms with Crippen LogP contribution in [0.25, 0.3) is 0 Å². The highest BCUT2D eigenvalue weighted by Crippen LogP contribution is 2.29. The highest BCUT2D eigenvalue weighted by Gasteiger charge is 2.30. The summed E-state index contributed by atoms with van der Waals surface area (Å²) in [4.78, 5) is 6.06. The van der Waals surface area contributed by atoms with Crippen LogP contribution in [0.3, 0.4) is 0 Å². The molecule has 0 atom stereocenters. The van der Waals surface area contributed by atoms with Gasteiger partial charge in [-0.1, -0.05) is 12.1 Å². The quantitative estimate of drug-likeness (QED) is 0.586. The van der Waals surface area contributed by atoms with Gasteiger partial charge in [-0.2, -0.15) is 13.2 Å². The van der Waals surface area contributed by atoms with Crippen molar-refractivity contribution in [2.24, 2.45) is 4.99 Å². The molecule has 100 valence electrons. The van der Waals surface area contributed by atoms with Gasteiger partial charge in [0, 0.05) is 25.7 Å². The van der Waals surface area contributed by atoms with Crippen molar-refractivity contribution in [2.45, 2.75) is 26.1 Å². The van der Waals surface area contributed by atoms with E-state index in [1.165, 1.54) is 6.07 Å². The number of nitrogens with zero attached hydrogens (tertiary/aromatic N) is 2. The van der Waals surface area contributed by atoms with Crippen molar-refractivity contribution in [3.8, 4) is 0 Å². The van der Waals surface area contributed by atoms with E-state index >= 15 is 0 Å². The van der Waals surface area contributed by atoms with Crippen molar-refractivity contribution in [2.75, 3.05) is 14.1 Å². The molecule has 5 heteroatoms. The summed E-state index contributed by atoms with van der Waals surface area (Å²) >= 11 is 0. The Balaban J connectivity index is 3.23. The van der Waals surface area contributed by atoms with Crippen molar-refractivity contribution < 1.29 is 13.2 Å². The Hall–Kier alpha value is -1.52. The number of alkyl halides is 3. The SMILES string of the molecule is CC(C)N=C(c1cccc(C(F)(F)F)c1)N(C)C. The van der Waals surface area contributed by atoms with Crippen LogP contribution in [0, 0.1) is 0 Å². The first-order valence-electron chi connectivity index (χ1n) is 5.64. The first-order valence-corrected chi connectivity index (χ1v) is 5.64. The van der Waals surface area contributed by atoms with Crippen LogP contribution in [0.5, 0.6) is 0 Å². The zero-order valence-corrected chi connectivity index (χ0v) is 10.9. The van der Waals surface area contributed by atoms with Gasteiger partial charge in [-0.25, -0.2) is 0 Å². The molecule has 0 bridgehead atoms. The maximum absolute atomic E-state index is 12.6. The lowest BCUT2D eigenvalue weighted by atomic mass is 10.1. The molecule has 0 unspecified atom stereocenters. The molecular weight excluding hydrogens is 241 g/mol. The number of amidine groups is 1. The molecule has 0 fully saturated rings. The average molecular weight is 258 g/mol. The second-order valence-electron chi connectivity index (χ2n) is 4.52. The van der Waals surface area contributed by atoms with Gasteiger partial charge in [-0.15, -0.1) is 0 Å². The Morgan fingerprint density at radius 1 is 1.22 bits per heavy atom. The van der Waals surface area contributed by atoms with Crippen molar-refractivity contribution in [1.82, 2.24) is 4.90 Å². The largest absolute Gasteiger partial charge is 0.416 e. The van der Waals surface area contributed by atoms with Gasteiger partial charge >= 0.3 is 6.18 Å². The van der Waals surface area contributed by atoms with E-state index < -0.39 is 11.7 Å². The van der Waals surface area contributed by atoms with Crippen LogP contribution in [0.15, 0.2) is 29.3 Å². The third-order valence-corrected chi connectivity index (χ3v) is 2.25. The third-order valence-electron chi connectivity index (χ3n) is 2.25. The number of rotatable bonds is 2. The number of hydrogen-bond donors (Lipinski definition) is 0. The molecule has 2 nitrogen and oxygen atoms in total. The predicted molar refractivity (Wildman–Crippen MR) is 66.8 cm³/mol. The van der Waals surface area contributed by atoms with Crippen LogP contribution in [-0.2, 0) is 6.18 Å². The van der Waals surface area contributed by atoms with Crippen LogP contribution in [0.2, 0.25) is 0 Å². The Morgan fingerprint density at radius 2 is 1.83 bits per heavy atom. The molecule has 0 aromatic heterocycles. The van der Waals surface area contributed by atoms with Crippen LogP contribution in [0.4, 0.5) is 13.2 Å². The summed E-state index contributed by atoms with van der Waals surface area (Å²) in [6.07, 6.45) is -4.33. The standard InChI is InChI=1S/C13H17F3N2/c1-9(2)17-12(18(3)4)10-6-5-7-11(8-10)13(14,15)16/h5-9H,1-4H3. The van der Waals surface area contributed by atoms with Gasteiger partial charge in [-0.05, 0) is 26.0 Å². The summed E-state index contributed by atoms with van der Waals surface area (Å²) < 4.78 is 37.9. The molecule has 1 rings (SSSR count). The van der Waals surface area contributed by atoms with Gasteiger partial charge in [0.1, 0.15) is 5.84 Å². The molecule has 0 radical (unpaired) electrons. The van der Waals surface area contributed by atoms with Gasteiger partial charge in [0.05, 0.1) is 5.56 Å². The molecule has 18 heavy (non-hydrogen) atoms. The maximum atomic E-state index is 12.6. The van der Waals surface area contributed by atoms with E-state index in [2.05, 4.69) is 4.99 Å². The lowest BCUT2D eigenvalue weighted by Gasteiger charge is -2.18. The minimum Gasteiger partial charge on any atom is -0.363 e. The Bertz CT molecular complexity index is 434. The van der Waals surface area contributed by atoms with Gasteiger partial charge in [0.15, 0.2) is 0 Å². The van der Waals surface area contributed by atoms with Crippen LogP contribution in [-0.4, -0.2) is 30.9 Å². The molecule has 0 saturated carbocycles. The first kappa shape index (κ1) is 14.5. The molecule has 0 heterocycles. The Morgan fingerprint density at radius 3 is 2.28 bits per heavy atom. The van der Waals surface area contributed by atoms with Gasteiger partial charge in [-0.3, -0.25) is 4.99 Å². The lowest BCUT2D eigenvalue weighted by molar-refractivity contribution is -0.137. The van der Waals surface area contributed by atoms with E-state index in [4.69, 9.17) is 0 Å². The molecule has 0 aliphatic heterocycles. The molecule has 0 amide bonds. The fraction of sp³-hybridized carbons (Fsp3) is 0.462. The van der Waals surface area contributed by atoms with Crippen molar-refractivity contribution >= 4 is 5.84 Å². The number of aliphatic imine (C=N–C) groups is 1. The number of benzene rings is 1. The molecule has 1 aromatic rings. The summed E-state index contributed by atoms with van der Waals surface area (Å²) in [6, 6.07) is 5.25. The fourth-order valence-electron chi connectivity index (χ4n) is 1.53. The summed E-state index contributed by atoms with van der Waals surface area (Å²) in [7, 11) is 3.53. The second kappa shape index (κ2) is 5.42. The average Bonchev–Trinajstić information content (AvgIpc) is 2.24. The van der Waals surface area contributed by atoms with Gasteiger partial charge in [0.25, 0.3) is 0 Å². The molecular formula is C13H17F3N2. The first-order chi connectivity index (χ1) is 8.21. The molecule has 0 saturated heterocycles. The smallest absolute Gasteiger partial charge is 0.363 e. The van der Waals surface area contributed by atoms with Crippen LogP contribution in [0.1, 0.15) is 25.0 Å². The zero-order valence-electron chi connectivity index (χ0n) is 10.9. The third kappa shape index (κ3) is 3.75. The van der Waals surface area contributed by atoms with Gasteiger partial charge in [0.2, 0.25) is 0 Å². The van der Waals surface area contributed by atoms with E-state index in [0.717, 1.165) is 12.1 Å². The molecule has 1 aromatic carbocycles. The summed E-state index contributed by atoms with van der Waals surface area (Å²) in [5, 5.41) is 0. The Kier molecular flexibility index (Phi) is 4.38. The van der Waals surface area contributed by atoms with Gasteiger partial charge < -0.3 is 4.90 Å². The van der Waals surface area contributed by atoms with Crippen molar-refractivity contribution in [3.63, 3.8) is 0 Å². The Labute approximate surface area is 105 Å². The normalized spacial score (nSPS) is 13.0. The lowest BCUT2D eigenvalue weighted by Crippen LogP contribution is -2.25. The minimum absolute atomic E-state index is 0.0249. The summed E-state index contributed by atoms with van der Waals surface area (Å²) in [5.41, 5.74) is -0.179. The monoisotopic (exact) mass is 258 g/mol. The highest BCUT2D eigenvalue weighted by molar-refractivity contribution is 5.98. The van der Waals surface area contributed by atoms with E-state index in [0.29, 0.717) is 11.4 Å². The van der Waals surface area contributed by atoms with E-state index in [1.54, 1.807) is 25.1 Å². The number of hydrogen-bond acceptors (Lipinski definition) is 1. The molecule has 0 N–H and O–H groups in total. The second-order valence-corrected chi connectivity index (χ2v) is 4.52. The molecule has 0 spiro atoms.